The largest absolute Gasteiger partial charge is 0.396 e. The summed E-state index contributed by atoms with van der Waals surface area (Å²) in [5.41, 5.74) is 1.08. The molecule has 3 N–H and O–H groups in total. The SMILES string of the molecule is CNc1cc(NCCCC(C)CO)ccn1. The van der Waals surface area contributed by atoms with Crippen LogP contribution in [0.2, 0.25) is 0 Å². The van der Waals surface area contributed by atoms with Gasteiger partial charge in [0.05, 0.1) is 0 Å². The zero-order valence-electron chi connectivity index (χ0n) is 10.0. The Morgan fingerprint density at radius 3 is 3.00 bits per heavy atom. The number of aliphatic hydroxyl groups is 1. The van der Waals surface area contributed by atoms with Crippen molar-refractivity contribution in [3.05, 3.63) is 18.3 Å². The lowest BCUT2D eigenvalue weighted by atomic mass is 10.1. The molecule has 4 heteroatoms. The number of hydrogen-bond donors (Lipinski definition) is 3. The van der Waals surface area contributed by atoms with Crippen LogP contribution >= 0.6 is 0 Å². The molecule has 4 nitrogen and oxygen atoms in total. The number of nitrogens with one attached hydrogen (secondary N) is 2. The molecule has 0 amide bonds. The summed E-state index contributed by atoms with van der Waals surface area (Å²) >= 11 is 0. The standard InChI is InChI=1S/C12H21N3O/c1-10(9-16)4-3-6-14-11-5-7-15-12(8-11)13-2/h5,7-8,10,16H,3-4,6,9H2,1-2H3,(H2,13,14,15). The molecule has 0 aliphatic rings. The van der Waals surface area contributed by atoms with Crippen molar-refractivity contribution < 1.29 is 5.11 Å². The zero-order valence-corrected chi connectivity index (χ0v) is 10.0. The van der Waals surface area contributed by atoms with Gasteiger partial charge in [0.2, 0.25) is 0 Å². The highest BCUT2D eigenvalue weighted by Crippen LogP contribution is 2.12. The monoisotopic (exact) mass is 223 g/mol. The number of hydrogen-bond acceptors (Lipinski definition) is 4. The molecule has 0 fully saturated rings. The van der Waals surface area contributed by atoms with E-state index in [-0.39, 0.29) is 6.61 Å². The second kappa shape index (κ2) is 7.06. The minimum Gasteiger partial charge on any atom is -0.396 e. The summed E-state index contributed by atoms with van der Waals surface area (Å²) in [4.78, 5) is 4.14. The molecule has 0 spiro atoms. The number of nitrogens with zero attached hydrogens (tertiary/aromatic N) is 1. The second-order valence-corrected chi connectivity index (χ2v) is 4.04. The predicted molar refractivity (Wildman–Crippen MR) is 67.8 cm³/mol. The summed E-state index contributed by atoms with van der Waals surface area (Å²) < 4.78 is 0. The normalized spacial score (nSPS) is 12.2. The fourth-order valence-electron chi connectivity index (χ4n) is 1.45. The van der Waals surface area contributed by atoms with Crippen molar-refractivity contribution in [1.82, 2.24) is 4.98 Å². The molecule has 16 heavy (non-hydrogen) atoms. The van der Waals surface area contributed by atoms with Crippen LogP contribution in [0.4, 0.5) is 11.5 Å². The van der Waals surface area contributed by atoms with E-state index in [1.165, 1.54) is 0 Å². The average Bonchev–Trinajstić information content (AvgIpc) is 2.34. The minimum absolute atomic E-state index is 0.277. The third kappa shape index (κ3) is 4.49. The molecular formula is C12H21N3O. The summed E-state index contributed by atoms with van der Waals surface area (Å²) in [7, 11) is 1.86. The first-order valence-electron chi connectivity index (χ1n) is 5.74. The molecule has 0 aliphatic carbocycles. The lowest BCUT2D eigenvalue weighted by Crippen LogP contribution is -2.06. The van der Waals surface area contributed by atoms with Gasteiger partial charge in [-0.2, -0.15) is 0 Å². The average molecular weight is 223 g/mol. The number of pyridine rings is 1. The molecule has 1 unspecified atom stereocenters. The van der Waals surface area contributed by atoms with Gasteiger partial charge in [-0.05, 0) is 24.8 Å². The zero-order chi connectivity index (χ0) is 11.8. The molecule has 0 saturated heterocycles. The molecule has 0 saturated carbocycles. The van der Waals surface area contributed by atoms with Crippen molar-refractivity contribution in [2.75, 3.05) is 30.8 Å². The fourth-order valence-corrected chi connectivity index (χ4v) is 1.45. The van der Waals surface area contributed by atoms with Crippen LogP contribution in [0.5, 0.6) is 0 Å². The molecule has 1 heterocycles. The third-order valence-corrected chi connectivity index (χ3v) is 2.53. The molecule has 1 aromatic heterocycles. The van der Waals surface area contributed by atoms with Crippen LogP contribution in [0.15, 0.2) is 18.3 Å². The van der Waals surface area contributed by atoms with E-state index in [9.17, 15) is 0 Å². The Balaban J connectivity index is 2.26. The maximum absolute atomic E-state index is 8.88. The van der Waals surface area contributed by atoms with Crippen LogP contribution in [-0.2, 0) is 0 Å². The lowest BCUT2D eigenvalue weighted by molar-refractivity contribution is 0.229. The van der Waals surface area contributed by atoms with Crippen molar-refractivity contribution >= 4 is 11.5 Å². The first-order valence-corrected chi connectivity index (χ1v) is 5.74. The summed E-state index contributed by atoms with van der Waals surface area (Å²) in [5, 5.41) is 15.2. The van der Waals surface area contributed by atoms with Crippen molar-refractivity contribution in [2.24, 2.45) is 5.92 Å². The van der Waals surface area contributed by atoms with Crippen LogP contribution in [0.1, 0.15) is 19.8 Å². The van der Waals surface area contributed by atoms with E-state index >= 15 is 0 Å². The van der Waals surface area contributed by atoms with Gasteiger partial charge in [-0.25, -0.2) is 4.98 Å². The van der Waals surface area contributed by atoms with E-state index in [0.717, 1.165) is 30.9 Å². The first kappa shape index (κ1) is 12.8. The maximum Gasteiger partial charge on any atom is 0.127 e. The van der Waals surface area contributed by atoms with Gasteiger partial charge in [-0.15, -0.1) is 0 Å². The quantitative estimate of drug-likeness (QED) is 0.618. The first-order chi connectivity index (χ1) is 7.76. The fraction of sp³-hybridized carbons (Fsp3) is 0.583. The number of aliphatic hydroxyl groups excluding tert-OH is 1. The molecule has 1 atom stereocenters. The summed E-state index contributed by atoms with van der Waals surface area (Å²) in [6, 6.07) is 3.94. The number of rotatable bonds is 7. The molecule has 0 bridgehead atoms. The van der Waals surface area contributed by atoms with Crippen LogP contribution in [0.3, 0.4) is 0 Å². The minimum atomic E-state index is 0.277. The lowest BCUT2D eigenvalue weighted by Gasteiger charge is -2.09. The number of aromatic nitrogens is 1. The van der Waals surface area contributed by atoms with E-state index in [1.807, 2.05) is 19.2 Å². The van der Waals surface area contributed by atoms with E-state index < -0.39 is 0 Å². The topological polar surface area (TPSA) is 57.2 Å². The van der Waals surface area contributed by atoms with Crippen molar-refractivity contribution in [1.29, 1.82) is 0 Å². The smallest absolute Gasteiger partial charge is 0.127 e. The Kier molecular flexibility index (Phi) is 5.64. The molecule has 1 rings (SSSR count). The molecular weight excluding hydrogens is 202 g/mol. The van der Waals surface area contributed by atoms with Gasteiger partial charge in [-0.3, -0.25) is 0 Å². The maximum atomic E-state index is 8.88. The molecule has 90 valence electrons. The van der Waals surface area contributed by atoms with Crippen LogP contribution < -0.4 is 10.6 Å². The highest BCUT2D eigenvalue weighted by molar-refractivity contribution is 5.51. The van der Waals surface area contributed by atoms with Gasteiger partial charge in [0.15, 0.2) is 0 Å². The molecule has 0 radical (unpaired) electrons. The van der Waals surface area contributed by atoms with Gasteiger partial charge in [0.1, 0.15) is 5.82 Å². The van der Waals surface area contributed by atoms with Crippen molar-refractivity contribution in [3.63, 3.8) is 0 Å². The van der Waals surface area contributed by atoms with Gasteiger partial charge in [0.25, 0.3) is 0 Å². The Morgan fingerprint density at radius 1 is 1.50 bits per heavy atom. The van der Waals surface area contributed by atoms with Crippen LogP contribution in [0, 0.1) is 5.92 Å². The van der Waals surface area contributed by atoms with Crippen LogP contribution in [-0.4, -0.2) is 30.3 Å². The van der Waals surface area contributed by atoms with E-state index in [0.29, 0.717) is 5.92 Å². The predicted octanol–water partition coefficient (Wildman–Crippen LogP) is 1.94. The Morgan fingerprint density at radius 2 is 2.31 bits per heavy atom. The summed E-state index contributed by atoms with van der Waals surface area (Å²) in [5.74, 6) is 1.26. The molecule has 1 aromatic rings. The highest BCUT2D eigenvalue weighted by atomic mass is 16.3. The van der Waals surface area contributed by atoms with E-state index in [2.05, 4.69) is 22.5 Å². The van der Waals surface area contributed by atoms with E-state index in [1.54, 1.807) is 6.20 Å². The van der Waals surface area contributed by atoms with Gasteiger partial charge in [0, 0.05) is 38.1 Å². The Bertz CT molecular complexity index is 304. The van der Waals surface area contributed by atoms with Gasteiger partial charge in [-0.1, -0.05) is 6.92 Å². The van der Waals surface area contributed by atoms with Crippen LogP contribution in [0.25, 0.3) is 0 Å². The van der Waals surface area contributed by atoms with Gasteiger partial charge >= 0.3 is 0 Å². The van der Waals surface area contributed by atoms with Crippen molar-refractivity contribution in [3.8, 4) is 0 Å². The summed E-state index contributed by atoms with van der Waals surface area (Å²) in [6.07, 6.45) is 3.90. The Labute approximate surface area is 97.1 Å². The number of anilines is 2. The van der Waals surface area contributed by atoms with Gasteiger partial charge < -0.3 is 15.7 Å². The second-order valence-electron chi connectivity index (χ2n) is 4.04. The highest BCUT2D eigenvalue weighted by Gasteiger charge is 1.99. The molecule has 0 aliphatic heterocycles. The van der Waals surface area contributed by atoms with E-state index in [4.69, 9.17) is 5.11 Å². The summed E-state index contributed by atoms with van der Waals surface area (Å²) in [6.45, 7) is 3.27. The Hall–Kier alpha value is -1.29. The third-order valence-electron chi connectivity index (χ3n) is 2.53. The van der Waals surface area contributed by atoms with Crippen molar-refractivity contribution in [2.45, 2.75) is 19.8 Å². The molecule has 0 aromatic carbocycles.